The lowest BCUT2D eigenvalue weighted by molar-refractivity contribution is -0.116. The molecule has 106 valence electrons. The predicted octanol–water partition coefficient (Wildman–Crippen LogP) is 3.03. The van der Waals surface area contributed by atoms with Gasteiger partial charge in [0.2, 0.25) is 5.91 Å². The molecule has 2 aromatic rings. The highest BCUT2D eigenvalue weighted by Gasteiger charge is 2.12. The van der Waals surface area contributed by atoms with Gasteiger partial charge in [-0.05, 0) is 32.0 Å². The molecule has 3 N–H and O–H groups in total. The molecule has 1 aromatic heterocycles. The summed E-state index contributed by atoms with van der Waals surface area (Å²) >= 11 is 12.0. The predicted molar refractivity (Wildman–Crippen MR) is 81.2 cm³/mol. The maximum atomic E-state index is 12.0. The number of rotatable bonds is 3. The van der Waals surface area contributed by atoms with Crippen molar-refractivity contribution in [1.82, 2.24) is 9.78 Å². The Balaban J connectivity index is 2.15. The molecular formula is C13H14Cl2N4O. The molecule has 5 nitrogen and oxygen atoms in total. The zero-order valence-corrected chi connectivity index (χ0v) is 12.6. The molecule has 0 saturated heterocycles. The van der Waals surface area contributed by atoms with Crippen LogP contribution in [-0.2, 0) is 11.3 Å². The Bertz CT molecular complexity index is 643. The molecule has 0 bridgehead atoms. The summed E-state index contributed by atoms with van der Waals surface area (Å²) in [7, 11) is 0. The number of benzene rings is 1. The van der Waals surface area contributed by atoms with E-state index >= 15 is 0 Å². The summed E-state index contributed by atoms with van der Waals surface area (Å²) in [6, 6.07) is 4.97. The Morgan fingerprint density at radius 1 is 1.30 bits per heavy atom. The minimum atomic E-state index is -0.259. The van der Waals surface area contributed by atoms with Crippen LogP contribution >= 0.6 is 23.2 Å². The van der Waals surface area contributed by atoms with Crippen LogP contribution in [0.25, 0.3) is 0 Å². The zero-order valence-electron chi connectivity index (χ0n) is 11.1. The number of anilines is 2. The summed E-state index contributed by atoms with van der Waals surface area (Å²) in [4.78, 5) is 12.0. The van der Waals surface area contributed by atoms with Gasteiger partial charge in [0.1, 0.15) is 6.54 Å². The van der Waals surface area contributed by atoms with Crippen molar-refractivity contribution >= 4 is 40.5 Å². The van der Waals surface area contributed by atoms with Crippen LogP contribution in [-0.4, -0.2) is 15.7 Å². The summed E-state index contributed by atoms with van der Waals surface area (Å²) in [5, 5.41) is 7.50. The van der Waals surface area contributed by atoms with Crippen LogP contribution in [0.15, 0.2) is 18.2 Å². The number of hydrogen-bond acceptors (Lipinski definition) is 3. The first-order valence-corrected chi connectivity index (χ1v) is 6.68. The fourth-order valence-corrected chi connectivity index (χ4v) is 2.46. The fraction of sp³-hybridized carbons (Fsp3) is 0.231. The first-order chi connectivity index (χ1) is 9.36. The highest BCUT2D eigenvalue weighted by atomic mass is 35.5. The molecular weight excluding hydrogens is 299 g/mol. The summed E-state index contributed by atoms with van der Waals surface area (Å²) in [6.07, 6.45) is 0. The van der Waals surface area contributed by atoms with Crippen LogP contribution in [0, 0.1) is 13.8 Å². The normalized spacial score (nSPS) is 10.6. The third-order valence-electron chi connectivity index (χ3n) is 2.73. The Morgan fingerprint density at radius 3 is 2.40 bits per heavy atom. The van der Waals surface area contributed by atoms with Gasteiger partial charge in [-0.2, -0.15) is 5.10 Å². The second kappa shape index (κ2) is 5.73. The van der Waals surface area contributed by atoms with E-state index in [0.29, 0.717) is 21.4 Å². The van der Waals surface area contributed by atoms with E-state index in [4.69, 9.17) is 28.9 Å². The van der Waals surface area contributed by atoms with E-state index in [1.54, 1.807) is 4.68 Å². The van der Waals surface area contributed by atoms with Gasteiger partial charge in [-0.25, -0.2) is 0 Å². The van der Waals surface area contributed by atoms with E-state index in [0.717, 1.165) is 11.4 Å². The Hall–Kier alpha value is -1.72. The Morgan fingerprint density at radius 2 is 1.90 bits per heavy atom. The molecule has 1 aromatic carbocycles. The van der Waals surface area contributed by atoms with Crippen molar-refractivity contribution in [3.05, 3.63) is 39.6 Å². The number of carbonyl (C=O) groups is 1. The Kier molecular flexibility index (Phi) is 4.20. The Labute approximate surface area is 126 Å². The maximum absolute atomic E-state index is 12.0. The van der Waals surface area contributed by atoms with Gasteiger partial charge in [0, 0.05) is 11.4 Å². The molecule has 0 aliphatic carbocycles. The average molecular weight is 313 g/mol. The summed E-state index contributed by atoms with van der Waals surface area (Å²) in [5.41, 5.74) is 8.18. The van der Waals surface area contributed by atoms with E-state index in [1.165, 1.54) is 12.1 Å². The summed E-state index contributed by atoms with van der Waals surface area (Å²) < 4.78 is 1.61. The molecule has 0 atom stereocenters. The van der Waals surface area contributed by atoms with E-state index in [9.17, 15) is 4.79 Å². The molecule has 0 fully saturated rings. The van der Waals surface area contributed by atoms with Gasteiger partial charge in [0.25, 0.3) is 0 Å². The van der Waals surface area contributed by atoms with Crippen LogP contribution in [0.3, 0.4) is 0 Å². The molecule has 0 aliphatic rings. The number of nitrogen functional groups attached to an aromatic ring is 1. The van der Waals surface area contributed by atoms with E-state index < -0.39 is 0 Å². The molecule has 0 radical (unpaired) electrons. The SMILES string of the molecule is Cc1cc(C)n(CC(=O)Nc2c(Cl)cc(N)cc2Cl)n1. The lowest BCUT2D eigenvalue weighted by Crippen LogP contribution is -2.20. The van der Waals surface area contributed by atoms with Gasteiger partial charge in [0.15, 0.2) is 0 Å². The minimum Gasteiger partial charge on any atom is -0.399 e. The highest BCUT2D eigenvalue weighted by Crippen LogP contribution is 2.32. The smallest absolute Gasteiger partial charge is 0.246 e. The molecule has 0 spiro atoms. The van der Waals surface area contributed by atoms with Crippen LogP contribution in [0.5, 0.6) is 0 Å². The second-order valence-electron chi connectivity index (χ2n) is 4.49. The van der Waals surface area contributed by atoms with Crippen molar-refractivity contribution < 1.29 is 4.79 Å². The number of carbonyl (C=O) groups excluding carboxylic acids is 1. The number of aromatic nitrogens is 2. The molecule has 2 rings (SSSR count). The number of hydrogen-bond donors (Lipinski definition) is 2. The molecule has 0 unspecified atom stereocenters. The van der Waals surface area contributed by atoms with Gasteiger partial charge in [-0.1, -0.05) is 23.2 Å². The molecule has 20 heavy (non-hydrogen) atoms. The van der Waals surface area contributed by atoms with Gasteiger partial charge in [-0.15, -0.1) is 0 Å². The van der Waals surface area contributed by atoms with E-state index in [1.807, 2.05) is 19.9 Å². The van der Waals surface area contributed by atoms with Crippen molar-refractivity contribution in [2.45, 2.75) is 20.4 Å². The zero-order chi connectivity index (χ0) is 14.9. The van der Waals surface area contributed by atoms with Crippen LogP contribution in [0.1, 0.15) is 11.4 Å². The third-order valence-corrected chi connectivity index (χ3v) is 3.32. The second-order valence-corrected chi connectivity index (χ2v) is 5.31. The first-order valence-electron chi connectivity index (χ1n) is 5.92. The molecule has 1 heterocycles. The van der Waals surface area contributed by atoms with E-state index in [2.05, 4.69) is 10.4 Å². The fourth-order valence-electron chi connectivity index (χ4n) is 1.86. The van der Waals surface area contributed by atoms with Gasteiger partial charge in [-0.3, -0.25) is 9.48 Å². The summed E-state index contributed by atoms with van der Waals surface area (Å²) in [5.74, 6) is -0.259. The first kappa shape index (κ1) is 14.7. The van der Waals surface area contributed by atoms with Crippen molar-refractivity contribution in [2.24, 2.45) is 0 Å². The van der Waals surface area contributed by atoms with E-state index in [-0.39, 0.29) is 12.5 Å². The lowest BCUT2D eigenvalue weighted by Gasteiger charge is -2.11. The largest absolute Gasteiger partial charge is 0.399 e. The topological polar surface area (TPSA) is 72.9 Å². The monoisotopic (exact) mass is 312 g/mol. The third kappa shape index (κ3) is 3.23. The molecule has 0 saturated carbocycles. The van der Waals surface area contributed by atoms with Crippen LogP contribution in [0.2, 0.25) is 10.0 Å². The van der Waals surface area contributed by atoms with Crippen LogP contribution < -0.4 is 11.1 Å². The number of nitrogens with two attached hydrogens (primary N) is 1. The number of nitrogens with zero attached hydrogens (tertiary/aromatic N) is 2. The summed E-state index contributed by atoms with van der Waals surface area (Å²) in [6.45, 7) is 3.85. The minimum absolute atomic E-state index is 0.0940. The van der Waals surface area contributed by atoms with Crippen molar-refractivity contribution in [3.8, 4) is 0 Å². The lowest BCUT2D eigenvalue weighted by atomic mass is 10.3. The average Bonchev–Trinajstić information content (AvgIpc) is 2.62. The quantitative estimate of drug-likeness (QED) is 0.856. The van der Waals surface area contributed by atoms with Gasteiger partial charge >= 0.3 is 0 Å². The molecule has 1 amide bonds. The van der Waals surface area contributed by atoms with Gasteiger partial charge in [0.05, 0.1) is 21.4 Å². The number of aryl methyl sites for hydroxylation is 2. The number of halogens is 2. The number of nitrogens with one attached hydrogen (secondary N) is 1. The van der Waals surface area contributed by atoms with Crippen LogP contribution in [0.4, 0.5) is 11.4 Å². The van der Waals surface area contributed by atoms with Crippen molar-refractivity contribution in [2.75, 3.05) is 11.1 Å². The van der Waals surface area contributed by atoms with Crippen molar-refractivity contribution in [3.63, 3.8) is 0 Å². The van der Waals surface area contributed by atoms with Gasteiger partial charge < -0.3 is 11.1 Å². The van der Waals surface area contributed by atoms with Crippen molar-refractivity contribution in [1.29, 1.82) is 0 Å². The molecule has 0 aliphatic heterocycles. The number of amides is 1. The molecule has 7 heteroatoms. The highest BCUT2D eigenvalue weighted by molar-refractivity contribution is 6.40. The maximum Gasteiger partial charge on any atom is 0.246 e. The standard InChI is InChI=1S/C13H14Cl2N4O/c1-7-3-8(2)19(18-7)6-12(20)17-13-10(14)4-9(16)5-11(13)15/h3-5H,6,16H2,1-2H3,(H,17,20).